The van der Waals surface area contributed by atoms with Gasteiger partial charge in [0, 0.05) is 19.2 Å². The van der Waals surface area contributed by atoms with E-state index in [1.165, 1.54) is 28.9 Å². The van der Waals surface area contributed by atoms with Gasteiger partial charge in [0.2, 0.25) is 0 Å². The predicted octanol–water partition coefficient (Wildman–Crippen LogP) is 3.41. The molecule has 0 saturated carbocycles. The molecule has 1 aromatic heterocycles. The molecule has 1 atom stereocenters. The molecular formula is C19H24FN3O2. The zero-order valence-corrected chi connectivity index (χ0v) is 14.9. The van der Waals surface area contributed by atoms with Crippen LogP contribution in [0.15, 0.2) is 41.2 Å². The second-order valence-corrected chi connectivity index (χ2v) is 5.95. The molecule has 6 heteroatoms. The van der Waals surface area contributed by atoms with Crippen LogP contribution in [0.25, 0.3) is 0 Å². The fourth-order valence-electron chi connectivity index (χ4n) is 2.69. The zero-order chi connectivity index (χ0) is 18.4. The molecule has 0 N–H and O–H groups in total. The van der Waals surface area contributed by atoms with Gasteiger partial charge in [-0.25, -0.2) is 9.07 Å². The summed E-state index contributed by atoms with van der Waals surface area (Å²) in [5.41, 5.74) is 0.877. The van der Waals surface area contributed by atoms with Gasteiger partial charge in [0.1, 0.15) is 11.5 Å². The third kappa shape index (κ3) is 4.53. The van der Waals surface area contributed by atoms with E-state index in [0.29, 0.717) is 13.1 Å². The zero-order valence-electron chi connectivity index (χ0n) is 14.9. The normalized spacial score (nSPS) is 12.0. The summed E-state index contributed by atoms with van der Waals surface area (Å²) in [5, 5.41) is 4.22. The summed E-state index contributed by atoms with van der Waals surface area (Å²) in [6, 6.07) is 8.73. The molecule has 5 nitrogen and oxygen atoms in total. The first-order chi connectivity index (χ1) is 12.0. The van der Waals surface area contributed by atoms with Crippen LogP contribution in [0, 0.1) is 5.82 Å². The summed E-state index contributed by atoms with van der Waals surface area (Å²) in [5.74, 6) is -0.556. The Hall–Kier alpha value is -2.50. The molecule has 0 bridgehead atoms. The molecule has 1 heterocycles. The maximum atomic E-state index is 13.1. The number of hydrogen-bond acceptors (Lipinski definition) is 3. The standard InChI is InChI=1S/C19H24FN3O2/c1-4-6-13-23-18(24)12-11-17(21-23)19(25)22(5-2)14(3)15-7-9-16(20)10-8-15/h7-12,14H,4-6,13H2,1-3H3. The molecule has 0 saturated heterocycles. The van der Waals surface area contributed by atoms with Crippen LogP contribution in [0.4, 0.5) is 4.39 Å². The van der Waals surface area contributed by atoms with Crippen molar-refractivity contribution >= 4 is 5.91 Å². The summed E-state index contributed by atoms with van der Waals surface area (Å²) in [7, 11) is 0. The fraction of sp³-hybridized carbons (Fsp3) is 0.421. The molecule has 2 aromatic rings. The van der Waals surface area contributed by atoms with Crippen molar-refractivity contribution < 1.29 is 9.18 Å². The van der Waals surface area contributed by atoms with Crippen molar-refractivity contribution in [3.63, 3.8) is 0 Å². The van der Waals surface area contributed by atoms with Crippen molar-refractivity contribution in [1.29, 1.82) is 0 Å². The van der Waals surface area contributed by atoms with E-state index in [1.807, 2.05) is 20.8 Å². The number of aromatic nitrogens is 2. The van der Waals surface area contributed by atoms with Gasteiger partial charge >= 0.3 is 0 Å². The topological polar surface area (TPSA) is 55.2 Å². The highest BCUT2D eigenvalue weighted by Gasteiger charge is 2.23. The number of carbonyl (C=O) groups is 1. The van der Waals surface area contributed by atoms with Crippen LogP contribution >= 0.6 is 0 Å². The van der Waals surface area contributed by atoms with Crippen molar-refractivity contribution in [2.45, 2.75) is 46.2 Å². The number of nitrogens with zero attached hydrogens (tertiary/aromatic N) is 3. The third-order valence-corrected chi connectivity index (χ3v) is 4.23. The minimum absolute atomic E-state index is 0.209. The van der Waals surface area contributed by atoms with Gasteiger partial charge in [-0.2, -0.15) is 5.10 Å². The summed E-state index contributed by atoms with van der Waals surface area (Å²) in [6.07, 6.45) is 1.77. The SMILES string of the molecule is CCCCn1nc(C(=O)N(CC)C(C)c2ccc(F)cc2)ccc1=O. The average Bonchev–Trinajstić information content (AvgIpc) is 2.62. The van der Waals surface area contributed by atoms with Crippen molar-refractivity contribution in [3.8, 4) is 0 Å². The van der Waals surface area contributed by atoms with Crippen LogP contribution in [-0.4, -0.2) is 27.1 Å². The Labute approximate surface area is 147 Å². The first-order valence-corrected chi connectivity index (χ1v) is 8.62. The van der Waals surface area contributed by atoms with E-state index in [9.17, 15) is 14.0 Å². The monoisotopic (exact) mass is 345 g/mol. The van der Waals surface area contributed by atoms with E-state index >= 15 is 0 Å². The smallest absolute Gasteiger partial charge is 0.274 e. The van der Waals surface area contributed by atoms with E-state index in [0.717, 1.165) is 18.4 Å². The van der Waals surface area contributed by atoms with Crippen LogP contribution in [-0.2, 0) is 6.54 Å². The Balaban J connectivity index is 2.27. The van der Waals surface area contributed by atoms with Crippen LogP contribution < -0.4 is 5.56 Å². The lowest BCUT2D eigenvalue weighted by molar-refractivity contribution is 0.0693. The Morgan fingerprint density at radius 3 is 2.48 bits per heavy atom. The lowest BCUT2D eigenvalue weighted by Crippen LogP contribution is -2.35. The van der Waals surface area contributed by atoms with Gasteiger partial charge in [-0.15, -0.1) is 0 Å². The Kier molecular flexibility index (Phi) is 6.44. The van der Waals surface area contributed by atoms with Crippen molar-refractivity contribution in [1.82, 2.24) is 14.7 Å². The number of hydrogen-bond donors (Lipinski definition) is 0. The van der Waals surface area contributed by atoms with E-state index < -0.39 is 0 Å². The fourth-order valence-corrected chi connectivity index (χ4v) is 2.69. The van der Waals surface area contributed by atoms with Crippen LogP contribution in [0.2, 0.25) is 0 Å². The third-order valence-electron chi connectivity index (χ3n) is 4.23. The van der Waals surface area contributed by atoms with Gasteiger partial charge in [0.15, 0.2) is 0 Å². The first-order valence-electron chi connectivity index (χ1n) is 8.62. The van der Waals surface area contributed by atoms with E-state index in [2.05, 4.69) is 5.10 Å². The quantitative estimate of drug-likeness (QED) is 0.773. The van der Waals surface area contributed by atoms with Crippen LogP contribution in [0.5, 0.6) is 0 Å². The predicted molar refractivity (Wildman–Crippen MR) is 94.9 cm³/mol. The number of unbranched alkanes of at least 4 members (excludes halogenated alkanes) is 1. The summed E-state index contributed by atoms with van der Waals surface area (Å²) in [4.78, 5) is 26.4. The van der Waals surface area contributed by atoms with Gasteiger partial charge in [-0.05, 0) is 44.0 Å². The van der Waals surface area contributed by atoms with Gasteiger partial charge < -0.3 is 4.90 Å². The second-order valence-electron chi connectivity index (χ2n) is 5.95. The molecule has 0 aliphatic rings. The van der Waals surface area contributed by atoms with Gasteiger partial charge in [0.05, 0.1) is 6.04 Å². The van der Waals surface area contributed by atoms with Crippen LogP contribution in [0.1, 0.15) is 55.7 Å². The molecule has 2 rings (SSSR count). The Morgan fingerprint density at radius 1 is 1.20 bits per heavy atom. The van der Waals surface area contributed by atoms with Gasteiger partial charge in [-0.1, -0.05) is 25.5 Å². The van der Waals surface area contributed by atoms with Crippen molar-refractivity contribution in [3.05, 3.63) is 63.8 Å². The van der Waals surface area contributed by atoms with E-state index in [-0.39, 0.29) is 29.0 Å². The van der Waals surface area contributed by atoms with Crippen LogP contribution in [0.3, 0.4) is 0 Å². The molecule has 1 aromatic carbocycles. The Morgan fingerprint density at radius 2 is 1.88 bits per heavy atom. The minimum atomic E-state index is -0.310. The largest absolute Gasteiger partial charge is 0.331 e. The molecule has 134 valence electrons. The maximum Gasteiger partial charge on any atom is 0.274 e. The summed E-state index contributed by atoms with van der Waals surface area (Å²) >= 11 is 0. The second kappa shape index (κ2) is 8.55. The average molecular weight is 345 g/mol. The van der Waals surface area contributed by atoms with Crippen molar-refractivity contribution in [2.75, 3.05) is 6.54 Å². The van der Waals surface area contributed by atoms with E-state index in [4.69, 9.17) is 0 Å². The molecular weight excluding hydrogens is 321 g/mol. The molecule has 1 unspecified atom stereocenters. The lowest BCUT2D eigenvalue weighted by Gasteiger charge is -2.28. The molecule has 0 fully saturated rings. The number of aryl methyl sites for hydroxylation is 1. The first kappa shape index (κ1) is 18.8. The highest BCUT2D eigenvalue weighted by Crippen LogP contribution is 2.21. The molecule has 25 heavy (non-hydrogen) atoms. The highest BCUT2D eigenvalue weighted by molar-refractivity contribution is 5.92. The summed E-state index contributed by atoms with van der Waals surface area (Å²) < 4.78 is 14.5. The number of halogens is 1. The maximum absolute atomic E-state index is 13.1. The van der Waals surface area contributed by atoms with E-state index in [1.54, 1.807) is 17.0 Å². The molecule has 0 aliphatic carbocycles. The number of rotatable bonds is 7. The highest BCUT2D eigenvalue weighted by atomic mass is 19.1. The van der Waals surface area contributed by atoms with Gasteiger partial charge in [0.25, 0.3) is 11.5 Å². The van der Waals surface area contributed by atoms with Gasteiger partial charge in [-0.3, -0.25) is 9.59 Å². The lowest BCUT2D eigenvalue weighted by atomic mass is 10.1. The molecule has 0 spiro atoms. The number of amides is 1. The minimum Gasteiger partial charge on any atom is -0.331 e. The number of benzene rings is 1. The summed E-state index contributed by atoms with van der Waals surface area (Å²) in [6.45, 7) is 6.78. The molecule has 1 amide bonds. The molecule has 0 radical (unpaired) electrons. The molecule has 0 aliphatic heterocycles. The number of carbonyl (C=O) groups excluding carboxylic acids is 1. The Bertz CT molecular complexity index is 771. The van der Waals surface area contributed by atoms with Crippen molar-refractivity contribution in [2.24, 2.45) is 0 Å².